The van der Waals surface area contributed by atoms with E-state index in [1.54, 1.807) is 0 Å². The molecule has 0 heterocycles. The van der Waals surface area contributed by atoms with Gasteiger partial charge in [0.15, 0.2) is 0 Å². The van der Waals surface area contributed by atoms with Gasteiger partial charge in [-0.1, -0.05) is 13.1 Å². The molecule has 1 nitrogen and oxygen atoms in total. The molecule has 2 N–H and O–H groups in total. The molecule has 0 fully saturated rings. The SMILES string of the molecule is C[SiH2]C.O.[SiH4].[SiH4]. The van der Waals surface area contributed by atoms with E-state index in [4.69, 9.17) is 0 Å². The van der Waals surface area contributed by atoms with Crippen molar-refractivity contribution >= 4 is 31.5 Å². The summed E-state index contributed by atoms with van der Waals surface area (Å²) in [5.74, 6) is 0. The Bertz CT molecular complexity index is 8.75. The Labute approximate surface area is 50.7 Å². The standard InChI is InChI=1S/C2H8Si.H2O.2H4Si/c1-3-2;;;/h3H2,1-2H3;1H2;2*1H4. The Hall–Kier alpha value is 0.611. The molecule has 0 radical (unpaired) electrons. The van der Waals surface area contributed by atoms with Crippen LogP contribution in [-0.2, 0) is 0 Å². The van der Waals surface area contributed by atoms with E-state index in [2.05, 4.69) is 13.1 Å². The van der Waals surface area contributed by atoms with E-state index in [-0.39, 0.29) is 27.4 Å². The van der Waals surface area contributed by atoms with Gasteiger partial charge in [0.1, 0.15) is 0 Å². The van der Waals surface area contributed by atoms with E-state index >= 15 is 0 Å². The minimum Gasteiger partial charge on any atom is -0.412 e. The second-order valence-electron chi connectivity index (χ2n) is 0.707. The molecule has 0 bridgehead atoms. The van der Waals surface area contributed by atoms with Crippen molar-refractivity contribution in [2.75, 3.05) is 0 Å². The zero-order valence-electron chi connectivity index (χ0n) is 3.21. The number of hydrogen-bond acceptors (Lipinski definition) is 0. The molecule has 0 aliphatic heterocycles. The van der Waals surface area contributed by atoms with Gasteiger partial charge in [-0.15, -0.1) is 0 Å². The van der Waals surface area contributed by atoms with Crippen LogP contribution in [0.1, 0.15) is 0 Å². The molecule has 0 atom stereocenters. The fraction of sp³-hybridized carbons (Fsp3) is 1.00. The average Bonchev–Trinajstić information content (AvgIpc) is 0.918. The molecule has 0 saturated carbocycles. The largest absolute Gasteiger partial charge is 0.412 e. The number of hydrogen-bond donors (Lipinski definition) is 0. The van der Waals surface area contributed by atoms with Crippen molar-refractivity contribution in [1.29, 1.82) is 0 Å². The van der Waals surface area contributed by atoms with Gasteiger partial charge in [0.05, 0.1) is 0 Å². The lowest BCUT2D eigenvalue weighted by Crippen LogP contribution is -1.53. The van der Waals surface area contributed by atoms with Crippen LogP contribution in [0.5, 0.6) is 0 Å². The van der Waals surface area contributed by atoms with Gasteiger partial charge >= 0.3 is 0 Å². The Morgan fingerprint density at radius 1 is 1.00 bits per heavy atom. The van der Waals surface area contributed by atoms with Crippen LogP contribution in [0.2, 0.25) is 13.1 Å². The van der Waals surface area contributed by atoms with Gasteiger partial charge in [0, 0.05) is 9.52 Å². The van der Waals surface area contributed by atoms with Gasteiger partial charge in [0.25, 0.3) is 0 Å². The Balaban J connectivity index is -0.00000000667. The van der Waals surface area contributed by atoms with Crippen molar-refractivity contribution in [2.45, 2.75) is 13.1 Å². The van der Waals surface area contributed by atoms with E-state index in [0.29, 0.717) is 9.52 Å². The van der Waals surface area contributed by atoms with E-state index in [1.807, 2.05) is 0 Å². The first-order valence-corrected chi connectivity index (χ1v) is 4.24. The van der Waals surface area contributed by atoms with Crippen molar-refractivity contribution in [3.05, 3.63) is 0 Å². The summed E-state index contributed by atoms with van der Waals surface area (Å²) in [6, 6.07) is 0. The third-order valence-corrected chi connectivity index (χ3v) is 0. The van der Waals surface area contributed by atoms with Crippen LogP contribution in [0, 0.1) is 0 Å². The zero-order chi connectivity index (χ0) is 2.71. The van der Waals surface area contributed by atoms with Gasteiger partial charge < -0.3 is 5.48 Å². The molecular weight excluding hydrogens is 124 g/mol. The lowest BCUT2D eigenvalue weighted by Gasteiger charge is -1.45. The topological polar surface area (TPSA) is 31.5 Å². The van der Waals surface area contributed by atoms with Crippen molar-refractivity contribution in [1.82, 2.24) is 0 Å². The molecule has 0 saturated heterocycles. The molecule has 0 aliphatic rings. The zero-order valence-corrected chi connectivity index (χ0v) is 4.62. The smallest absolute Gasteiger partial charge is 0.0135 e. The van der Waals surface area contributed by atoms with Crippen LogP contribution >= 0.6 is 0 Å². The van der Waals surface area contributed by atoms with Gasteiger partial charge in [-0.05, 0) is 21.9 Å². The summed E-state index contributed by atoms with van der Waals surface area (Å²) in [7, 11) is 0.417. The molecular formula is C2H18OSi3. The highest BCUT2D eigenvalue weighted by Gasteiger charge is 1.38. The van der Waals surface area contributed by atoms with Gasteiger partial charge in [-0.2, -0.15) is 0 Å². The fourth-order valence-electron chi connectivity index (χ4n) is 0. The molecule has 6 heavy (non-hydrogen) atoms. The summed E-state index contributed by atoms with van der Waals surface area (Å²) >= 11 is 0. The quantitative estimate of drug-likeness (QED) is 0.315. The normalized spacial score (nSPS) is 3.00. The summed E-state index contributed by atoms with van der Waals surface area (Å²) in [5.41, 5.74) is 0. The van der Waals surface area contributed by atoms with E-state index in [9.17, 15) is 0 Å². The third kappa shape index (κ3) is 161. The van der Waals surface area contributed by atoms with Crippen molar-refractivity contribution in [3.63, 3.8) is 0 Å². The van der Waals surface area contributed by atoms with Crippen molar-refractivity contribution in [3.8, 4) is 0 Å². The van der Waals surface area contributed by atoms with Crippen LogP contribution < -0.4 is 0 Å². The fourth-order valence-corrected chi connectivity index (χ4v) is 0. The Morgan fingerprint density at radius 3 is 1.00 bits per heavy atom. The predicted molar refractivity (Wildman–Crippen MR) is 46.6 cm³/mol. The second-order valence-corrected chi connectivity index (χ2v) is 2.12. The molecule has 0 amide bonds. The van der Waals surface area contributed by atoms with Crippen LogP contribution in [0.3, 0.4) is 0 Å². The van der Waals surface area contributed by atoms with E-state index in [1.165, 1.54) is 0 Å². The highest BCUT2D eigenvalue weighted by molar-refractivity contribution is 6.31. The van der Waals surface area contributed by atoms with Crippen molar-refractivity contribution in [2.24, 2.45) is 0 Å². The van der Waals surface area contributed by atoms with Crippen LogP contribution in [-0.4, -0.2) is 36.9 Å². The molecule has 4 heteroatoms. The molecule has 0 aliphatic carbocycles. The van der Waals surface area contributed by atoms with E-state index in [0.717, 1.165) is 0 Å². The average molecular weight is 142 g/mol. The summed E-state index contributed by atoms with van der Waals surface area (Å²) in [5, 5.41) is 0. The lowest BCUT2D eigenvalue weighted by atomic mass is 11.9. The summed E-state index contributed by atoms with van der Waals surface area (Å²) in [6.45, 7) is 4.53. The monoisotopic (exact) mass is 142 g/mol. The van der Waals surface area contributed by atoms with Crippen molar-refractivity contribution < 1.29 is 5.48 Å². The molecule has 0 unspecified atom stereocenters. The van der Waals surface area contributed by atoms with Crippen LogP contribution in [0.15, 0.2) is 0 Å². The predicted octanol–water partition coefficient (Wildman–Crippen LogP) is -3.48. The second kappa shape index (κ2) is 46.0. The highest BCUT2D eigenvalue weighted by atomic mass is 28.2. The molecule has 0 rings (SSSR count). The maximum atomic E-state index is 2.26. The molecule has 0 aromatic rings. The molecule has 0 spiro atoms. The first-order chi connectivity index (χ1) is 1.41. The number of rotatable bonds is 0. The Morgan fingerprint density at radius 2 is 1.00 bits per heavy atom. The minimum atomic E-state index is 0. The summed E-state index contributed by atoms with van der Waals surface area (Å²) in [6.07, 6.45) is 0. The minimum absolute atomic E-state index is 0. The maximum absolute atomic E-state index is 2.26. The molecule has 0 aromatic heterocycles. The van der Waals surface area contributed by atoms with Gasteiger partial charge in [-0.25, -0.2) is 0 Å². The molecule has 44 valence electrons. The van der Waals surface area contributed by atoms with Gasteiger partial charge in [-0.3, -0.25) is 0 Å². The van der Waals surface area contributed by atoms with Crippen LogP contribution in [0.4, 0.5) is 0 Å². The maximum Gasteiger partial charge on any atom is 0.0135 e. The molecule has 0 aromatic carbocycles. The van der Waals surface area contributed by atoms with Crippen LogP contribution in [0.25, 0.3) is 0 Å². The summed E-state index contributed by atoms with van der Waals surface area (Å²) < 4.78 is 0. The summed E-state index contributed by atoms with van der Waals surface area (Å²) in [4.78, 5) is 0. The third-order valence-electron chi connectivity index (χ3n) is 0. The first-order valence-electron chi connectivity index (χ1n) is 1.41. The highest BCUT2D eigenvalue weighted by Crippen LogP contribution is 1.36. The Kier molecular flexibility index (Phi) is 234. The van der Waals surface area contributed by atoms with Gasteiger partial charge in [0.2, 0.25) is 0 Å². The first kappa shape index (κ1) is 30.5. The van der Waals surface area contributed by atoms with E-state index < -0.39 is 0 Å². The lowest BCUT2D eigenvalue weighted by molar-refractivity contribution is 0.824.